The minimum atomic E-state index is -1.39. The summed E-state index contributed by atoms with van der Waals surface area (Å²) in [6, 6.07) is 0.192. The molecule has 0 aromatic carbocycles. The molecule has 2 N–H and O–H groups in total. The van der Waals surface area contributed by atoms with Crippen LogP contribution in [-0.4, -0.2) is 70.2 Å². The first-order valence-corrected chi connectivity index (χ1v) is 6.04. The largest absolute Gasteiger partial charge is 0.474 e. The molecule has 1 aliphatic carbocycles. The van der Waals surface area contributed by atoms with Gasteiger partial charge in [-0.05, 0) is 19.3 Å². The van der Waals surface area contributed by atoms with Gasteiger partial charge in [-0.15, -0.1) is 0 Å². The molecule has 1 saturated heterocycles. The number of piperazine rings is 1. The molecule has 0 unspecified atom stereocenters. The van der Waals surface area contributed by atoms with E-state index < -0.39 is 11.9 Å². The summed E-state index contributed by atoms with van der Waals surface area (Å²) in [7, 11) is 0. The van der Waals surface area contributed by atoms with E-state index in [9.17, 15) is 14.7 Å². The van der Waals surface area contributed by atoms with Gasteiger partial charge in [-0.3, -0.25) is 9.69 Å². The van der Waals surface area contributed by atoms with Crippen molar-refractivity contribution in [2.24, 2.45) is 0 Å². The van der Waals surface area contributed by atoms with Gasteiger partial charge in [0.1, 0.15) is 0 Å². The highest BCUT2D eigenvalue weighted by atomic mass is 16.4. The second-order valence-corrected chi connectivity index (χ2v) is 4.70. The van der Waals surface area contributed by atoms with Crippen LogP contribution in [0.2, 0.25) is 0 Å². The van der Waals surface area contributed by atoms with Crippen molar-refractivity contribution in [3.63, 3.8) is 0 Å². The molecule has 96 valence electrons. The first-order chi connectivity index (χ1) is 8.09. The predicted octanol–water partition coefficient (Wildman–Crippen LogP) is -0.871. The van der Waals surface area contributed by atoms with E-state index in [1.165, 1.54) is 4.90 Å². The van der Waals surface area contributed by atoms with Crippen LogP contribution in [0.5, 0.6) is 0 Å². The Kier molecular flexibility index (Phi) is 3.63. The number of aliphatic hydroxyl groups is 1. The fourth-order valence-corrected chi connectivity index (χ4v) is 2.74. The number of carbonyl (C=O) groups excluding carboxylic acids is 1. The van der Waals surface area contributed by atoms with Crippen LogP contribution in [0.3, 0.4) is 0 Å². The standard InChI is InChI=1S/C11H18N2O4/c14-9-3-1-2-8(9)12-4-6-13(7-5-12)10(15)11(16)17/h8-9,14H,1-7H2,(H,16,17)/t8-,9+/m1/s1. The summed E-state index contributed by atoms with van der Waals surface area (Å²) in [5.41, 5.74) is 0. The first kappa shape index (κ1) is 12.3. The van der Waals surface area contributed by atoms with Crippen LogP contribution in [0.4, 0.5) is 0 Å². The summed E-state index contributed by atoms with van der Waals surface area (Å²) in [6.07, 6.45) is 2.62. The van der Waals surface area contributed by atoms with Crippen molar-refractivity contribution >= 4 is 11.9 Å². The van der Waals surface area contributed by atoms with Crippen LogP contribution < -0.4 is 0 Å². The van der Waals surface area contributed by atoms with Crippen LogP contribution in [-0.2, 0) is 9.59 Å². The Morgan fingerprint density at radius 3 is 2.18 bits per heavy atom. The lowest BCUT2D eigenvalue weighted by Gasteiger charge is -2.38. The Bertz CT molecular complexity index is 313. The van der Waals surface area contributed by atoms with E-state index in [0.717, 1.165) is 19.3 Å². The molecule has 2 aliphatic rings. The molecule has 0 aromatic heterocycles. The lowest BCUT2D eigenvalue weighted by Crippen LogP contribution is -2.54. The number of rotatable bonds is 1. The van der Waals surface area contributed by atoms with E-state index in [1.807, 2.05) is 0 Å². The zero-order chi connectivity index (χ0) is 12.4. The van der Waals surface area contributed by atoms with Crippen molar-refractivity contribution in [3.05, 3.63) is 0 Å². The van der Waals surface area contributed by atoms with E-state index in [2.05, 4.69) is 4.90 Å². The lowest BCUT2D eigenvalue weighted by atomic mass is 10.1. The van der Waals surface area contributed by atoms with E-state index in [1.54, 1.807) is 0 Å². The molecular weight excluding hydrogens is 224 g/mol. The van der Waals surface area contributed by atoms with Crippen molar-refractivity contribution in [2.75, 3.05) is 26.2 Å². The molecule has 0 aromatic rings. The molecule has 6 heteroatoms. The van der Waals surface area contributed by atoms with Gasteiger partial charge in [-0.1, -0.05) is 0 Å². The number of hydrogen-bond acceptors (Lipinski definition) is 4. The molecular formula is C11H18N2O4. The maximum absolute atomic E-state index is 11.2. The quantitative estimate of drug-likeness (QED) is 0.584. The molecule has 1 amide bonds. The van der Waals surface area contributed by atoms with Crippen molar-refractivity contribution in [1.29, 1.82) is 0 Å². The van der Waals surface area contributed by atoms with Crippen molar-refractivity contribution in [1.82, 2.24) is 9.80 Å². The van der Waals surface area contributed by atoms with Gasteiger partial charge in [0, 0.05) is 32.2 Å². The molecule has 0 bridgehead atoms. The minimum absolute atomic E-state index is 0.192. The van der Waals surface area contributed by atoms with Crippen molar-refractivity contribution in [2.45, 2.75) is 31.4 Å². The van der Waals surface area contributed by atoms with E-state index in [0.29, 0.717) is 26.2 Å². The van der Waals surface area contributed by atoms with Gasteiger partial charge < -0.3 is 15.1 Å². The van der Waals surface area contributed by atoms with Crippen LogP contribution in [0.25, 0.3) is 0 Å². The molecule has 0 radical (unpaired) electrons. The Morgan fingerprint density at radius 2 is 1.71 bits per heavy atom. The monoisotopic (exact) mass is 242 g/mol. The molecule has 2 atom stereocenters. The maximum Gasteiger partial charge on any atom is 0.394 e. The summed E-state index contributed by atoms with van der Waals surface area (Å²) in [4.78, 5) is 25.3. The van der Waals surface area contributed by atoms with Crippen LogP contribution >= 0.6 is 0 Å². The third-order valence-corrected chi connectivity index (χ3v) is 3.70. The fourth-order valence-electron chi connectivity index (χ4n) is 2.74. The Labute approximate surface area is 99.8 Å². The zero-order valence-corrected chi connectivity index (χ0v) is 9.71. The maximum atomic E-state index is 11.2. The highest BCUT2D eigenvalue weighted by molar-refractivity contribution is 6.31. The lowest BCUT2D eigenvalue weighted by molar-refractivity contribution is -0.157. The summed E-state index contributed by atoms with van der Waals surface area (Å²) < 4.78 is 0. The second-order valence-electron chi connectivity index (χ2n) is 4.70. The highest BCUT2D eigenvalue weighted by Crippen LogP contribution is 2.24. The number of nitrogens with zero attached hydrogens (tertiary/aromatic N) is 2. The third kappa shape index (κ3) is 2.58. The van der Waals surface area contributed by atoms with Crippen LogP contribution in [0.1, 0.15) is 19.3 Å². The summed E-state index contributed by atoms with van der Waals surface area (Å²) >= 11 is 0. The number of carbonyl (C=O) groups is 2. The number of carboxylic acid groups (broad SMARTS) is 1. The summed E-state index contributed by atoms with van der Waals surface area (Å²) in [5, 5.41) is 18.4. The number of amides is 1. The van der Waals surface area contributed by atoms with Gasteiger partial charge in [0.05, 0.1) is 6.10 Å². The average Bonchev–Trinajstić information content (AvgIpc) is 2.74. The molecule has 1 aliphatic heterocycles. The molecule has 0 spiro atoms. The van der Waals surface area contributed by atoms with Gasteiger partial charge in [-0.2, -0.15) is 0 Å². The Balaban J connectivity index is 1.85. The van der Waals surface area contributed by atoms with Crippen molar-refractivity contribution < 1.29 is 19.8 Å². The van der Waals surface area contributed by atoms with E-state index in [-0.39, 0.29) is 12.1 Å². The molecule has 2 rings (SSSR count). The van der Waals surface area contributed by atoms with Gasteiger partial charge in [0.15, 0.2) is 0 Å². The summed E-state index contributed by atoms with van der Waals surface area (Å²) in [5.74, 6) is -2.21. The first-order valence-electron chi connectivity index (χ1n) is 6.04. The number of hydrogen-bond donors (Lipinski definition) is 2. The minimum Gasteiger partial charge on any atom is -0.474 e. The van der Waals surface area contributed by atoms with Gasteiger partial charge in [0.2, 0.25) is 0 Å². The number of aliphatic hydroxyl groups excluding tert-OH is 1. The molecule has 1 heterocycles. The number of carboxylic acids is 1. The van der Waals surface area contributed by atoms with Gasteiger partial charge >= 0.3 is 11.9 Å². The Hall–Kier alpha value is -1.14. The van der Waals surface area contributed by atoms with E-state index >= 15 is 0 Å². The Morgan fingerprint density at radius 1 is 1.06 bits per heavy atom. The second kappa shape index (κ2) is 5.01. The van der Waals surface area contributed by atoms with Gasteiger partial charge in [0.25, 0.3) is 0 Å². The SMILES string of the molecule is O=C(O)C(=O)N1CCN([C@@H]2CCC[C@@H]2O)CC1. The van der Waals surface area contributed by atoms with Crippen LogP contribution in [0.15, 0.2) is 0 Å². The predicted molar refractivity (Wildman–Crippen MR) is 59.4 cm³/mol. The van der Waals surface area contributed by atoms with Gasteiger partial charge in [-0.25, -0.2) is 4.79 Å². The fraction of sp³-hybridized carbons (Fsp3) is 0.818. The molecule has 2 fully saturated rings. The molecule has 6 nitrogen and oxygen atoms in total. The smallest absolute Gasteiger partial charge is 0.394 e. The van der Waals surface area contributed by atoms with Crippen molar-refractivity contribution in [3.8, 4) is 0 Å². The average molecular weight is 242 g/mol. The topological polar surface area (TPSA) is 81.1 Å². The molecule has 1 saturated carbocycles. The van der Waals surface area contributed by atoms with Crippen LogP contribution in [0, 0.1) is 0 Å². The normalized spacial score (nSPS) is 30.5. The molecule has 17 heavy (non-hydrogen) atoms. The number of aliphatic carboxylic acids is 1. The van der Waals surface area contributed by atoms with E-state index in [4.69, 9.17) is 5.11 Å². The highest BCUT2D eigenvalue weighted by Gasteiger charge is 2.34. The summed E-state index contributed by atoms with van der Waals surface area (Å²) in [6.45, 7) is 2.18. The third-order valence-electron chi connectivity index (χ3n) is 3.70. The zero-order valence-electron chi connectivity index (χ0n) is 9.71.